The van der Waals surface area contributed by atoms with E-state index >= 15 is 0 Å². The molecule has 0 unspecified atom stereocenters. The highest BCUT2D eigenvalue weighted by molar-refractivity contribution is 7.19. The van der Waals surface area contributed by atoms with Crippen LogP contribution < -0.4 is 26.6 Å². The van der Waals surface area contributed by atoms with Crippen molar-refractivity contribution in [3.8, 4) is 0 Å². The Balaban J connectivity index is 0.000000117. The summed E-state index contributed by atoms with van der Waals surface area (Å²) < 4.78 is 33.0. The molecule has 0 bridgehead atoms. The number of rotatable bonds is 30. The quantitative estimate of drug-likeness (QED) is 0.0228. The van der Waals surface area contributed by atoms with Crippen LogP contribution >= 0.6 is 11.3 Å². The van der Waals surface area contributed by atoms with Crippen molar-refractivity contribution in [1.29, 1.82) is 0 Å². The lowest BCUT2D eigenvalue weighted by Gasteiger charge is -2.20. The molecule has 5 amide bonds. The number of allylic oxidation sites excluding steroid dienone is 1. The Morgan fingerprint density at radius 1 is 0.426 bits per heavy atom. The number of ketones is 1. The fourth-order valence-electron chi connectivity index (χ4n) is 21.4. The van der Waals surface area contributed by atoms with Crippen LogP contribution in [0.4, 0.5) is 0 Å². The first kappa shape index (κ1) is 106. The number of pyridine rings is 1. The number of fused-ring (bicyclic) bond motifs is 3. The number of nitrogens with zero attached hydrogens (tertiary/aromatic N) is 14. The maximum Gasteiger partial charge on any atom is 0.273 e. The van der Waals surface area contributed by atoms with Gasteiger partial charge in [-0.15, -0.1) is 11.3 Å². The second-order valence-corrected chi connectivity index (χ2v) is 46.2. The van der Waals surface area contributed by atoms with Crippen molar-refractivity contribution >= 4 is 73.2 Å². The minimum Gasteiger partial charge on any atom is -0.360 e. The molecule has 3 aromatic carbocycles. The summed E-state index contributed by atoms with van der Waals surface area (Å²) in [6.45, 7) is 49.1. The fraction of sp³-hybridized carbons (Fsp3) is 0.548. The number of nitrogens with one attached hydrogen (secondary N) is 6. The van der Waals surface area contributed by atoms with Crippen LogP contribution in [-0.2, 0) is 32.5 Å². The van der Waals surface area contributed by atoms with Crippen LogP contribution in [0.15, 0.2) is 161 Å². The van der Waals surface area contributed by atoms with Crippen LogP contribution in [0.25, 0.3) is 26.6 Å². The van der Waals surface area contributed by atoms with Gasteiger partial charge in [0, 0.05) is 259 Å². The van der Waals surface area contributed by atoms with E-state index in [0.717, 1.165) is 226 Å². The standard InChI is InChI=1S/C23H26N2O2.C22H24N4O2.C21H23N3O2S.C19H27N5O2.2C15H25N3O2/c1-15-12-25(13-18-9-6-16-4-2-3-5-20(16)18)14-19(15)10-22(26)21-11-23(27-24-21)17-7-8-17;1-14-11-26(12-16-8-9-23-18-5-3-2-4-17(16)18)13-20(14)24-22(27)19-10-21(28-25-19)15-6-7-15;1-13-10-24(11-16-8-15-4-2-3-5-20(15)27-16)12-18(13)22-21(25)17-9-19(26-23-17)14-6-7-14;1-4-18-20-12(3)16(21-18)10-24-8-11(2)15(9-24)22-19(25)14-7-17(26-23-14)13-5-6-13;2*1-9(2)14-6-12(17-20-14)15(19)16-13-8-18(10(3)4)7-11(13)5/h2-5,9,11,15,17,19H,6-8,10,12-14H2,1H3;2-5,8-10,14-15,20H,6-7,11-13H2,1H3,(H,24,27);2-5,8-9,13-14,18H,6-7,10-12H2,1H3,(H,22,25);7,11,13,15H,4-6,8-10H2,1-3H3,(H,20,21)(H,22,25);2*6,9-11,13H,7-8H2,1-5H3,(H,16,19)/t15-,19+;14-,20+;13-,18+;11-,15+;11-,13+;11-,13-/m000001/s1. The molecular weight excluding hydrogens is 1890 g/mol. The zero-order valence-electron chi connectivity index (χ0n) is 88.9. The van der Waals surface area contributed by atoms with E-state index in [1.165, 1.54) is 42.6 Å². The lowest BCUT2D eigenvalue weighted by Crippen LogP contribution is -2.40. The SMILES string of the molecule is CC(C)c1cc(C(=O)N[C@@H]2CN(C(C)C)C[C@@H]2C)no1.CC(C)c1cc(C(=O)N[C@@H]2CN(C(C)C)C[C@H]2C)no1.CCc1nc(CN2C[C@H](C)[C@H](NC(=O)c3cc(C4CC4)on3)C2)c(C)[nH]1.C[C@H]1CN(CC2=CCc3ccccc32)C[C@H]1CC(=O)c1cc(C2CC2)on1.C[C@H]1CN(Cc2cc3ccccc3s2)C[C@H]1NC(=O)c1cc(C2CC2)on1.C[C@H]1CN(Cc2ccnc3ccccc23)C[C@H]1NC(=O)c1cc(C2CC2)on1. The first-order chi connectivity index (χ1) is 71.3. The second kappa shape index (κ2) is 47.5. The summed E-state index contributed by atoms with van der Waals surface area (Å²) >= 11 is 1.86. The van der Waals surface area contributed by atoms with Gasteiger partial charge in [-0.3, -0.25) is 63.2 Å². The number of thiophene rings is 1. The van der Waals surface area contributed by atoms with Gasteiger partial charge in [-0.05, 0) is 186 Å². The molecule has 10 fully saturated rings. The smallest absolute Gasteiger partial charge is 0.273 e. The summed E-state index contributed by atoms with van der Waals surface area (Å²) in [5.74, 6) is 10.9. The molecular formula is C115H150N20O12S. The van der Waals surface area contributed by atoms with Crippen molar-refractivity contribution in [2.45, 2.75) is 279 Å². The number of hydrogen-bond acceptors (Lipinski definition) is 27. The number of H-pyrrole nitrogens is 1. The summed E-state index contributed by atoms with van der Waals surface area (Å²) in [5, 5.41) is 41.7. The van der Waals surface area contributed by atoms with Gasteiger partial charge in [0.05, 0.1) is 11.2 Å². The Labute approximate surface area is 872 Å². The summed E-state index contributed by atoms with van der Waals surface area (Å²) in [4.78, 5) is 103. The zero-order valence-corrected chi connectivity index (χ0v) is 89.7. The van der Waals surface area contributed by atoms with E-state index in [9.17, 15) is 28.8 Å². The van der Waals surface area contributed by atoms with Crippen LogP contribution in [0.2, 0.25) is 0 Å². The number of aromatic nitrogens is 9. The maximum atomic E-state index is 12.7. The number of likely N-dealkylation sites (tertiary alicyclic amines) is 6. The third kappa shape index (κ3) is 27.1. The number of amides is 5. The number of para-hydroxylation sites is 1. The Kier molecular flexibility index (Phi) is 34.0. The zero-order chi connectivity index (χ0) is 104. The van der Waals surface area contributed by atoms with E-state index in [1.807, 2.05) is 69.5 Å². The molecule has 12 atom stereocenters. The molecule has 0 radical (unpaired) electrons. The van der Waals surface area contributed by atoms with Gasteiger partial charge in [-0.25, -0.2) is 4.98 Å². The number of Topliss-reactive ketones (excluding diaryl/α,β-unsaturated/α-hetero) is 1. The van der Waals surface area contributed by atoms with Crippen LogP contribution in [-0.4, -0.2) is 238 Å². The van der Waals surface area contributed by atoms with Gasteiger partial charge in [-0.1, -0.05) is 174 Å². The summed E-state index contributed by atoms with van der Waals surface area (Å²) in [5.41, 5.74) is 11.3. The van der Waals surface area contributed by atoms with Crippen LogP contribution in [0.1, 0.15) is 333 Å². The molecule has 11 aliphatic rings. The molecule has 9 aromatic heterocycles. The molecule has 0 spiro atoms. The van der Waals surface area contributed by atoms with Crippen LogP contribution in [0.3, 0.4) is 0 Å². The van der Waals surface area contributed by atoms with Crippen molar-refractivity contribution < 1.29 is 55.9 Å². The Bertz CT molecular complexity index is 6450. The summed E-state index contributed by atoms with van der Waals surface area (Å²) in [6.07, 6.45) is 15.9. The highest BCUT2D eigenvalue weighted by Gasteiger charge is 2.42. The topological polar surface area (TPSA) is 380 Å². The minimum absolute atomic E-state index is 0.113. The molecule has 6 N–H and O–H groups in total. The van der Waals surface area contributed by atoms with Crippen molar-refractivity contribution in [3.63, 3.8) is 0 Å². The van der Waals surface area contributed by atoms with Gasteiger partial charge in [0.2, 0.25) is 0 Å². The van der Waals surface area contributed by atoms with E-state index in [4.69, 9.17) is 27.1 Å². The molecule has 32 nitrogen and oxygen atoms in total. The van der Waals surface area contributed by atoms with Gasteiger partial charge in [0.25, 0.3) is 29.5 Å². The molecule has 15 heterocycles. The van der Waals surface area contributed by atoms with Gasteiger partial charge in [-0.2, -0.15) is 0 Å². The molecule has 6 saturated heterocycles. The van der Waals surface area contributed by atoms with E-state index in [-0.39, 0.29) is 77.4 Å². The molecule has 788 valence electrons. The predicted molar refractivity (Wildman–Crippen MR) is 569 cm³/mol. The number of benzene rings is 3. The summed E-state index contributed by atoms with van der Waals surface area (Å²) in [7, 11) is 0. The molecule has 5 aliphatic carbocycles. The molecule has 148 heavy (non-hydrogen) atoms. The molecule has 33 heteroatoms. The summed E-state index contributed by atoms with van der Waals surface area (Å²) in [6, 6.07) is 42.3. The van der Waals surface area contributed by atoms with Crippen LogP contribution in [0, 0.1) is 48.3 Å². The lowest BCUT2D eigenvalue weighted by atomic mass is 9.92. The number of hydrogen-bond donors (Lipinski definition) is 6. The Morgan fingerprint density at radius 3 is 1.30 bits per heavy atom. The number of carbonyl (C=O) groups excluding carboxylic acids is 6. The maximum absolute atomic E-state index is 12.7. The predicted octanol–water partition coefficient (Wildman–Crippen LogP) is 18.6. The second-order valence-electron chi connectivity index (χ2n) is 45.1. The van der Waals surface area contributed by atoms with Gasteiger partial charge in [0.15, 0.2) is 34.3 Å². The average molecular weight is 2040 g/mol. The largest absolute Gasteiger partial charge is 0.360 e. The highest BCUT2D eigenvalue weighted by atomic mass is 32.1. The van der Waals surface area contributed by atoms with Crippen molar-refractivity contribution in [2.75, 3.05) is 85.1 Å². The van der Waals surface area contributed by atoms with E-state index in [1.54, 1.807) is 24.3 Å². The highest BCUT2D eigenvalue weighted by Crippen LogP contribution is 2.45. The van der Waals surface area contributed by atoms with Crippen LogP contribution in [0.5, 0.6) is 0 Å². The van der Waals surface area contributed by atoms with Gasteiger partial charge in [0.1, 0.15) is 46.1 Å². The normalized spacial score (nSPS) is 23.6. The third-order valence-corrected chi connectivity index (χ3v) is 32.5. The Hall–Kier alpha value is -12.0. The first-order valence-electron chi connectivity index (χ1n) is 54.2. The van der Waals surface area contributed by atoms with Crippen molar-refractivity contribution in [2.24, 2.45) is 41.4 Å². The Morgan fingerprint density at radius 2 is 0.838 bits per heavy atom. The number of imidazole rings is 1. The number of aryl methyl sites for hydroxylation is 2. The minimum atomic E-state index is -0.136. The van der Waals surface area contributed by atoms with E-state index < -0.39 is 0 Å². The number of aromatic amines is 1. The molecule has 4 saturated carbocycles. The van der Waals surface area contributed by atoms with Gasteiger partial charge < -0.3 is 58.7 Å². The average Bonchev–Trinajstić information content (AvgIpc) is 1.65. The fourth-order valence-corrected chi connectivity index (χ4v) is 22.5. The molecule has 6 aliphatic heterocycles. The van der Waals surface area contributed by atoms with E-state index in [2.05, 4.69) is 264 Å². The third-order valence-electron chi connectivity index (χ3n) is 31.4. The van der Waals surface area contributed by atoms with Crippen molar-refractivity contribution in [1.82, 2.24) is 102 Å². The molecule has 23 rings (SSSR count). The first-order valence-corrected chi connectivity index (χ1v) is 55.0. The number of carbonyl (C=O) groups is 6. The molecule has 12 aromatic rings. The van der Waals surface area contributed by atoms with Gasteiger partial charge >= 0.3 is 0 Å². The van der Waals surface area contributed by atoms with Crippen molar-refractivity contribution in [3.05, 3.63) is 241 Å². The monoisotopic (exact) mass is 2040 g/mol. The lowest BCUT2D eigenvalue weighted by molar-refractivity contribution is 0.0913. The van der Waals surface area contributed by atoms with E-state index in [0.29, 0.717) is 118 Å².